The molecule has 1 heterocycles. The van der Waals surface area contributed by atoms with Crippen molar-refractivity contribution in [1.29, 1.82) is 0 Å². The molecule has 11 heteroatoms. The zero-order chi connectivity index (χ0) is 58.2. The Morgan fingerprint density at radius 3 is 1.15 bits per heavy atom. The lowest BCUT2D eigenvalue weighted by atomic mass is 9.98. The summed E-state index contributed by atoms with van der Waals surface area (Å²) in [7, 11) is 0. The van der Waals surface area contributed by atoms with Crippen LogP contribution in [0.3, 0.4) is 0 Å². The average Bonchev–Trinajstić information content (AvgIpc) is 3.47. The van der Waals surface area contributed by atoms with Gasteiger partial charge in [0.15, 0.2) is 6.29 Å². The minimum Gasteiger partial charge on any atom is -0.394 e. The molecule has 1 saturated heterocycles. The molecule has 0 saturated carbocycles. The minimum atomic E-state index is -1.67. The zero-order valence-corrected chi connectivity index (χ0v) is 52.1. The molecule has 0 aromatic carbocycles. The van der Waals surface area contributed by atoms with Crippen molar-refractivity contribution < 1.29 is 50.0 Å². The van der Waals surface area contributed by atoms with Gasteiger partial charge < -0.3 is 50.5 Å². The number of aliphatic hydroxyl groups excluding tert-OH is 7. The third kappa shape index (κ3) is 44.8. The number of carbonyl (C=O) groups is 1. The van der Waals surface area contributed by atoms with E-state index < -0.39 is 74.2 Å². The summed E-state index contributed by atoms with van der Waals surface area (Å²) in [5.41, 5.74) is 0. The monoisotopic (exact) mass is 1130 g/mol. The number of nitrogens with one attached hydrogen (secondary N) is 1. The van der Waals surface area contributed by atoms with Crippen molar-refractivity contribution in [2.24, 2.45) is 0 Å². The van der Waals surface area contributed by atoms with Gasteiger partial charge in [0.25, 0.3) is 0 Å². The number of hydrogen-bond donors (Lipinski definition) is 8. The van der Waals surface area contributed by atoms with Crippen molar-refractivity contribution in [3.63, 3.8) is 0 Å². The van der Waals surface area contributed by atoms with Gasteiger partial charge >= 0.3 is 0 Å². The second-order valence-corrected chi connectivity index (χ2v) is 24.2. The Kier molecular flexibility index (Phi) is 55.1. The summed E-state index contributed by atoms with van der Waals surface area (Å²) in [6, 6.07) is -1.19. The van der Waals surface area contributed by atoms with Crippen LogP contribution in [0.4, 0.5) is 0 Å². The number of aliphatic hydroxyl groups is 7. The number of carbonyl (C=O) groups excluding carboxylic acids is 1. The first-order chi connectivity index (χ1) is 39.2. The largest absolute Gasteiger partial charge is 0.394 e. The van der Waals surface area contributed by atoms with Crippen LogP contribution in [0, 0.1) is 0 Å². The van der Waals surface area contributed by atoms with Gasteiger partial charge in [-0.2, -0.15) is 0 Å². The lowest BCUT2D eigenvalue weighted by molar-refractivity contribution is -0.303. The van der Waals surface area contributed by atoms with Crippen molar-refractivity contribution in [1.82, 2.24) is 5.32 Å². The molecule has 0 aromatic heterocycles. The van der Waals surface area contributed by atoms with E-state index in [1.54, 1.807) is 0 Å². The molecule has 8 N–H and O–H groups in total. The van der Waals surface area contributed by atoms with E-state index in [0.717, 1.165) is 44.9 Å². The van der Waals surface area contributed by atoms with Gasteiger partial charge in [0.2, 0.25) is 5.91 Å². The Morgan fingerprint density at radius 2 is 0.775 bits per heavy atom. The van der Waals surface area contributed by atoms with E-state index in [4.69, 9.17) is 9.47 Å². The average molecular weight is 1130 g/mol. The van der Waals surface area contributed by atoms with Crippen LogP contribution in [0.5, 0.6) is 0 Å². The molecule has 1 aliphatic rings. The number of amides is 1. The minimum absolute atomic E-state index is 0.255. The van der Waals surface area contributed by atoms with Crippen LogP contribution in [-0.4, -0.2) is 110 Å². The van der Waals surface area contributed by atoms with Gasteiger partial charge in [-0.05, 0) is 70.6 Å². The molecule has 1 aliphatic heterocycles. The molecule has 472 valence electrons. The fraction of sp³-hybridized carbons (Fsp3) is 0.899. The van der Waals surface area contributed by atoms with E-state index in [9.17, 15) is 40.5 Å². The third-order valence-electron chi connectivity index (χ3n) is 16.7. The highest BCUT2D eigenvalue weighted by Crippen LogP contribution is 2.24. The van der Waals surface area contributed by atoms with E-state index in [-0.39, 0.29) is 12.8 Å². The van der Waals surface area contributed by atoms with E-state index in [2.05, 4.69) is 55.6 Å². The molecule has 1 fully saturated rings. The molecule has 9 unspecified atom stereocenters. The predicted molar refractivity (Wildman–Crippen MR) is 335 cm³/mol. The molecule has 0 spiro atoms. The first kappa shape index (κ1) is 76.3. The molecule has 1 amide bonds. The summed E-state index contributed by atoms with van der Waals surface area (Å²) < 4.78 is 11.2. The van der Waals surface area contributed by atoms with Crippen LogP contribution in [-0.2, 0) is 14.3 Å². The van der Waals surface area contributed by atoms with Gasteiger partial charge in [-0.25, -0.2) is 0 Å². The van der Waals surface area contributed by atoms with E-state index >= 15 is 0 Å². The van der Waals surface area contributed by atoms with Gasteiger partial charge in [0.1, 0.15) is 36.6 Å². The maximum atomic E-state index is 13.2. The summed E-state index contributed by atoms with van der Waals surface area (Å²) in [5.74, 6) is -0.702. The topological polar surface area (TPSA) is 189 Å². The van der Waals surface area contributed by atoms with Gasteiger partial charge in [-0.3, -0.25) is 4.79 Å². The van der Waals surface area contributed by atoms with Crippen LogP contribution in [0.25, 0.3) is 0 Å². The van der Waals surface area contributed by atoms with Crippen LogP contribution in [0.2, 0.25) is 0 Å². The standard InChI is InChI=1S/C69H131NO10/c1-3-5-7-9-11-13-15-17-19-21-23-24-25-26-27-28-29-30-31-32-33-34-35-36-37-39-41-43-45-47-49-51-53-55-57-62(73)68(78)70-60(59-79-69-67(77)66(76)65(75)63(58-71)80-69)64(74)61(72)56-54-52-50-48-46-44-42-40-38-22-20-18-16-14-12-10-8-6-4-2/h25-26,28-29,48,50,60-67,69,71-77H,3-24,27,30-47,49,51-59H2,1-2H3,(H,70,78)/b26-25-,29-28-,50-48+. The maximum absolute atomic E-state index is 13.2. The van der Waals surface area contributed by atoms with Gasteiger partial charge in [0.05, 0.1) is 25.4 Å². The van der Waals surface area contributed by atoms with Crippen LogP contribution in [0.1, 0.15) is 328 Å². The molecule has 1 rings (SSSR count). The smallest absolute Gasteiger partial charge is 0.249 e. The summed E-state index contributed by atoms with van der Waals surface area (Å²) in [6.45, 7) is 3.48. The quantitative estimate of drug-likeness (QED) is 0.0215. The van der Waals surface area contributed by atoms with Crippen LogP contribution >= 0.6 is 0 Å². The lowest BCUT2D eigenvalue weighted by Crippen LogP contribution is -2.60. The maximum Gasteiger partial charge on any atom is 0.249 e. The number of rotatable bonds is 60. The molecule has 0 radical (unpaired) electrons. The first-order valence-corrected chi connectivity index (χ1v) is 34.4. The van der Waals surface area contributed by atoms with Crippen LogP contribution < -0.4 is 5.32 Å². The Morgan fingerprint density at radius 1 is 0.438 bits per heavy atom. The number of hydrogen-bond acceptors (Lipinski definition) is 10. The Bertz CT molecular complexity index is 1390. The van der Waals surface area contributed by atoms with Gasteiger partial charge in [-0.15, -0.1) is 0 Å². The second-order valence-electron chi connectivity index (χ2n) is 24.2. The molecule has 0 aromatic rings. The normalized spacial score (nSPS) is 19.4. The fourth-order valence-corrected chi connectivity index (χ4v) is 11.1. The molecule has 11 nitrogen and oxygen atoms in total. The molecule has 80 heavy (non-hydrogen) atoms. The molecule has 9 atom stereocenters. The van der Waals surface area contributed by atoms with Crippen molar-refractivity contribution in [3.8, 4) is 0 Å². The van der Waals surface area contributed by atoms with E-state index in [1.165, 1.54) is 244 Å². The number of unbranched alkanes of at least 4 members (excludes halogenated alkanes) is 42. The molecular weight excluding hydrogens is 1000 g/mol. The van der Waals surface area contributed by atoms with Crippen LogP contribution in [0.15, 0.2) is 36.5 Å². The summed E-state index contributed by atoms with van der Waals surface area (Å²) >= 11 is 0. The Hall–Kier alpha value is -1.67. The van der Waals surface area contributed by atoms with Crippen molar-refractivity contribution in [3.05, 3.63) is 36.5 Å². The Labute approximate surface area is 492 Å². The fourth-order valence-electron chi connectivity index (χ4n) is 11.1. The molecule has 0 bridgehead atoms. The molecular formula is C69H131NO10. The SMILES string of the molecule is CCCCCCCCCCCCC/C=C\C/C=C\CCCCCCCCCCCCCCCCCCC(O)C(=O)NC(COC1OC(CO)C(O)C(O)C1O)C(O)C(O)CCC/C=C/CCCCCCCCCCCCCCCC. The van der Waals surface area contributed by atoms with Gasteiger partial charge in [0, 0.05) is 0 Å². The lowest BCUT2D eigenvalue weighted by Gasteiger charge is -2.40. The molecule has 0 aliphatic carbocycles. The highest BCUT2D eigenvalue weighted by Gasteiger charge is 2.44. The number of ether oxygens (including phenoxy) is 2. The summed E-state index contributed by atoms with van der Waals surface area (Å²) in [5, 5.41) is 76.4. The Balaban J connectivity index is 2.19. The second kappa shape index (κ2) is 57.7. The van der Waals surface area contributed by atoms with Gasteiger partial charge in [-0.1, -0.05) is 294 Å². The highest BCUT2D eigenvalue weighted by atomic mass is 16.7. The first-order valence-electron chi connectivity index (χ1n) is 34.4. The predicted octanol–water partition coefficient (Wildman–Crippen LogP) is 16.2. The number of allylic oxidation sites excluding steroid dienone is 6. The highest BCUT2D eigenvalue weighted by molar-refractivity contribution is 5.80. The van der Waals surface area contributed by atoms with Crippen molar-refractivity contribution >= 4 is 5.91 Å². The van der Waals surface area contributed by atoms with E-state index in [0.29, 0.717) is 12.8 Å². The van der Waals surface area contributed by atoms with Crippen molar-refractivity contribution in [2.45, 2.75) is 384 Å². The summed E-state index contributed by atoms with van der Waals surface area (Å²) in [6.07, 6.45) is 62.3. The third-order valence-corrected chi connectivity index (χ3v) is 16.7. The van der Waals surface area contributed by atoms with Crippen molar-refractivity contribution in [2.75, 3.05) is 13.2 Å². The van der Waals surface area contributed by atoms with E-state index in [1.807, 2.05) is 0 Å². The summed E-state index contributed by atoms with van der Waals surface area (Å²) in [4.78, 5) is 13.2. The zero-order valence-electron chi connectivity index (χ0n) is 52.1.